The van der Waals surface area contributed by atoms with E-state index in [1.165, 1.54) is 77.0 Å². The van der Waals surface area contributed by atoms with E-state index in [9.17, 15) is 51.1 Å². The fraction of sp³-hybridized carbons (Fsp3) is 1.00. The lowest BCUT2D eigenvalue weighted by Crippen LogP contribution is -2.53. The van der Waals surface area contributed by atoms with Crippen LogP contribution in [0, 0.1) is 0 Å². The summed E-state index contributed by atoms with van der Waals surface area (Å²) in [7, 11) is 0. The van der Waals surface area contributed by atoms with E-state index >= 15 is 0 Å². The number of fused-ring (bicyclic) bond motifs is 6. The van der Waals surface area contributed by atoms with Gasteiger partial charge in [-0.15, -0.1) is 70.6 Å². The van der Waals surface area contributed by atoms with Crippen molar-refractivity contribution in [2.75, 3.05) is 79.1 Å². The lowest BCUT2D eigenvalue weighted by Gasteiger charge is -2.47. The fourth-order valence-corrected chi connectivity index (χ4v) is 30.6. The van der Waals surface area contributed by atoms with E-state index in [4.69, 9.17) is 57.2 Å². The maximum Gasteiger partial charge on any atom is 0.177 e. The first-order chi connectivity index (χ1) is 55.6. The van der Waals surface area contributed by atoms with Gasteiger partial charge in [0.25, 0.3) is 0 Å². The van der Waals surface area contributed by atoms with Crippen molar-refractivity contribution < 1.29 is 108 Å². The Labute approximate surface area is 756 Å². The van der Waals surface area contributed by atoms with Crippen molar-refractivity contribution in [1.82, 2.24) is 0 Å². The second-order valence-electron chi connectivity index (χ2n) is 36.6. The summed E-state index contributed by atoms with van der Waals surface area (Å²) in [6.45, 7) is 33.8. The maximum atomic E-state index is 10.4. The van der Waals surface area contributed by atoms with Gasteiger partial charge in [0.05, 0.1) is 104 Å². The molecule has 26 unspecified atom stereocenters. The van der Waals surface area contributed by atoms with Crippen molar-refractivity contribution >= 4 is 129 Å². The van der Waals surface area contributed by atoms with Gasteiger partial charge in [0.2, 0.25) is 0 Å². The number of hydrogen-bond acceptors (Lipinski definition) is 33. The Balaban J connectivity index is 0.000000162. The SMILES string of the molecule is CC1(C)OC(O)CSC1(C)C.CC1(C)SCCOC1O.CC1COC(O)C(C)(C)S1.CC1OC(C)(O)CSC1C.CC1OC(O)C(C)SC1C.OC12CCCC1SCCO2.OC12CCCCC1SC1CCCC1O2.OC12CCCCC1SCCO2.OC1CSC2CCCC2O1.OC1CSC2CCCCC2O1.OC1OCCSC12CCCCC2. The Hall–Kier alpha value is 2.97. The van der Waals surface area contributed by atoms with Gasteiger partial charge in [0, 0.05) is 102 Å². The van der Waals surface area contributed by atoms with Crippen LogP contribution in [-0.2, 0) is 52.1 Å². The third-order valence-corrected chi connectivity index (χ3v) is 41.7. The van der Waals surface area contributed by atoms with Crippen molar-refractivity contribution in [3.63, 3.8) is 0 Å². The molecule has 1 spiro atoms. The third kappa shape index (κ3) is 33.3. The van der Waals surface area contributed by atoms with Crippen LogP contribution in [0.2, 0.25) is 0 Å². The molecule has 18 fully saturated rings. The van der Waals surface area contributed by atoms with Gasteiger partial charge >= 0.3 is 0 Å². The van der Waals surface area contributed by atoms with Gasteiger partial charge in [0.1, 0.15) is 0 Å². The van der Waals surface area contributed by atoms with Gasteiger partial charge in [-0.1, -0.05) is 65.7 Å². The van der Waals surface area contributed by atoms with Crippen molar-refractivity contribution in [2.24, 2.45) is 0 Å². The first-order valence-corrected chi connectivity index (χ1v) is 55.3. The highest BCUT2D eigenvalue weighted by Gasteiger charge is 2.52. The summed E-state index contributed by atoms with van der Waals surface area (Å²) in [4.78, 5) is 0. The van der Waals surface area contributed by atoms with Crippen LogP contribution in [0.1, 0.15) is 271 Å². The minimum atomic E-state index is -0.906. The summed E-state index contributed by atoms with van der Waals surface area (Å²) >= 11 is 20.2. The molecule has 11 heterocycles. The molecule has 7 saturated carbocycles. The average Bonchev–Trinajstić information content (AvgIpc) is 1.45. The molecule has 18 aliphatic rings. The molecule has 0 bridgehead atoms. The standard InChI is InChI=1S/C11H18O2S.C9H16O2S.2C8H14O2S.C8H16O2S.2C7H12O2S.3C7H14O2S.C6H12O2S/c12-11-7-2-1-6-10(11)14-9-5-3-4-8(9)13-11;10-8-9(12-7-6-11-8)4-2-1-3-5-9;9-8-4-2-1-3-7(8)11-6-5-10-8;9-8-5-11-7-4-2-1-3-6(7)10-8;1-7(2)8(3,4)11-5-6(9)10-7;8-7-3-1-2-6(7)10-5-4-9-7;8-7-4-10-6-3-1-2-5(6)9-7;1-5-6(2)10-4-7(3,8)9-5;1-5-4-9-6(8)7(2,3)10-5;1-4-5(2)10-6(3)7(8)9-4;1-6(2)5(7)8-3-4-9-6/h8-10,12H,1-7H2;8,10H,1-7H2;7,9H,1-6H2;6-9H,1-5H2;6,9H,5H2,1-4H3;6,8H,1-5H2;5-8H,1-4H2;2*5-6,8H,4H2,1-3H3;4-8H,1-3H3;5,7H,3-4H2,1-2H3. The highest BCUT2D eigenvalue weighted by Crippen LogP contribution is 2.52. The second-order valence-corrected chi connectivity index (χ2v) is 53.3. The Morgan fingerprint density at radius 1 is 0.356 bits per heavy atom. The highest BCUT2D eigenvalue weighted by atomic mass is 32.2. The lowest BCUT2D eigenvalue weighted by molar-refractivity contribution is -0.243. The van der Waals surface area contributed by atoms with Crippen LogP contribution in [0.3, 0.4) is 0 Å². The van der Waals surface area contributed by atoms with E-state index in [0.717, 1.165) is 138 Å². The molecular formula is C85H156O22S11. The molecule has 26 atom stereocenters. The van der Waals surface area contributed by atoms with E-state index in [1.807, 2.05) is 133 Å². The van der Waals surface area contributed by atoms with Gasteiger partial charge < -0.3 is 108 Å². The van der Waals surface area contributed by atoms with Crippen molar-refractivity contribution in [3.8, 4) is 0 Å². The number of aliphatic hydroxyl groups is 11. The minimum Gasteiger partial charge on any atom is -0.367 e. The van der Waals surface area contributed by atoms with Gasteiger partial charge in [-0.05, 0) is 186 Å². The molecule has 18 rings (SSSR count). The van der Waals surface area contributed by atoms with E-state index in [-0.39, 0.29) is 42.0 Å². The molecular weight excluding hydrogens is 1730 g/mol. The van der Waals surface area contributed by atoms with E-state index in [0.29, 0.717) is 96.9 Å². The Bertz CT molecular complexity index is 2770. The zero-order chi connectivity index (χ0) is 86.3. The summed E-state index contributed by atoms with van der Waals surface area (Å²) in [6, 6.07) is 0. The summed E-state index contributed by atoms with van der Waals surface area (Å²) in [5, 5.41) is 109. The van der Waals surface area contributed by atoms with Crippen LogP contribution in [-0.4, -0.2) is 310 Å². The molecule has 694 valence electrons. The third-order valence-electron chi connectivity index (χ3n) is 25.2. The fourth-order valence-electron chi connectivity index (χ4n) is 17.0. The second kappa shape index (κ2) is 50.2. The number of rotatable bonds is 0. The first-order valence-electron chi connectivity index (χ1n) is 44.4. The van der Waals surface area contributed by atoms with Crippen LogP contribution in [0.15, 0.2) is 0 Å². The zero-order valence-corrected chi connectivity index (χ0v) is 82.7. The van der Waals surface area contributed by atoms with Crippen molar-refractivity contribution in [3.05, 3.63) is 0 Å². The van der Waals surface area contributed by atoms with Crippen LogP contribution < -0.4 is 0 Å². The number of hydrogen-bond donors (Lipinski definition) is 11. The molecule has 0 aromatic rings. The van der Waals surface area contributed by atoms with Gasteiger partial charge in [0.15, 0.2) is 67.2 Å². The quantitative estimate of drug-likeness (QED) is 0.107. The van der Waals surface area contributed by atoms with Gasteiger partial charge in [-0.3, -0.25) is 0 Å². The van der Waals surface area contributed by atoms with Gasteiger partial charge in [-0.2, -0.15) is 58.8 Å². The summed E-state index contributed by atoms with van der Waals surface area (Å²) in [6.07, 6.45) is 27.9. The largest absolute Gasteiger partial charge is 0.367 e. The Kier molecular flexibility index (Phi) is 45.2. The molecule has 0 amide bonds. The smallest absolute Gasteiger partial charge is 0.177 e. The highest BCUT2D eigenvalue weighted by molar-refractivity contribution is 8.02. The monoisotopic (exact) mass is 1880 g/mol. The minimum absolute atomic E-state index is 0.0660. The lowest BCUT2D eigenvalue weighted by atomic mass is 9.87. The topological polar surface area (TPSA) is 324 Å². The molecule has 22 nitrogen and oxygen atoms in total. The number of aliphatic hydroxyl groups excluding tert-OH is 7. The van der Waals surface area contributed by atoms with Crippen LogP contribution in [0.5, 0.6) is 0 Å². The number of ether oxygens (including phenoxy) is 11. The van der Waals surface area contributed by atoms with Crippen molar-refractivity contribution in [1.29, 1.82) is 0 Å². The first kappa shape index (κ1) is 106. The summed E-state index contributed by atoms with van der Waals surface area (Å²) < 4.78 is 58.8. The molecule has 0 aromatic carbocycles. The molecule has 7 aliphatic carbocycles. The number of thioether (sulfide) groups is 11. The van der Waals surface area contributed by atoms with E-state index < -0.39 is 67.2 Å². The molecule has 118 heavy (non-hydrogen) atoms. The predicted octanol–water partition coefficient (Wildman–Crippen LogP) is 15.0. The van der Waals surface area contributed by atoms with E-state index in [2.05, 4.69) is 34.6 Å². The average molecular weight is 1880 g/mol. The molecule has 11 aliphatic heterocycles. The van der Waals surface area contributed by atoms with E-state index in [1.54, 1.807) is 65.7 Å². The normalized spacial score (nSPS) is 43.8. The van der Waals surface area contributed by atoms with Crippen molar-refractivity contribution in [2.45, 2.75) is 446 Å². The maximum absolute atomic E-state index is 10.4. The molecule has 0 radical (unpaired) electrons. The predicted molar refractivity (Wildman–Crippen MR) is 496 cm³/mol. The summed E-state index contributed by atoms with van der Waals surface area (Å²) in [5.74, 6) is 3.84. The molecule has 11 N–H and O–H groups in total. The van der Waals surface area contributed by atoms with Gasteiger partial charge in [-0.25, -0.2) is 0 Å². The van der Waals surface area contributed by atoms with Crippen LogP contribution in [0.25, 0.3) is 0 Å². The zero-order valence-electron chi connectivity index (χ0n) is 73.7. The Morgan fingerprint density at radius 2 is 0.864 bits per heavy atom. The molecule has 33 heteroatoms. The van der Waals surface area contributed by atoms with Crippen LogP contribution in [0.4, 0.5) is 0 Å². The summed E-state index contributed by atoms with van der Waals surface area (Å²) in [5.41, 5.74) is -0.241. The Morgan fingerprint density at radius 3 is 1.39 bits per heavy atom. The molecule has 0 aromatic heterocycles. The van der Waals surface area contributed by atoms with Crippen LogP contribution >= 0.6 is 129 Å². The molecule has 11 saturated heterocycles.